The largest absolute Gasteiger partial charge is 0.456 e. The molecular formula is C60H39NO. The van der Waals surface area contributed by atoms with Crippen LogP contribution in [0.1, 0.15) is 0 Å². The summed E-state index contributed by atoms with van der Waals surface area (Å²) < 4.78 is 6.43. The number of nitrogens with zero attached hydrogens (tertiary/aromatic N) is 1. The smallest absolute Gasteiger partial charge is 0.136 e. The number of anilines is 3. The molecule has 0 saturated heterocycles. The molecule has 2 nitrogen and oxygen atoms in total. The standard InChI is InChI=1S/C60H39NO/c1-2-14-47-39-60-57(37-46(47)13-1)56-38-48(31-36-59(56)62-60)55-19-7-8-22-58(55)61(50-34-29-45(30-35-50)54-21-10-16-43-12-4-6-18-52(43)54)49-32-27-41(28-33-49)40-23-25-44(26-24-40)53-20-9-15-42-11-3-5-17-51(42)53/h1-39H. The normalized spacial score (nSPS) is 11.5. The van der Waals surface area contributed by atoms with E-state index in [0.29, 0.717) is 0 Å². The lowest BCUT2D eigenvalue weighted by atomic mass is 9.96. The molecular weight excluding hydrogens is 751 g/mol. The summed E-state index contributed by atoms with van der Waals surface area (Å²) >= 11 is 0. The van der Waals surface area contributed by atoms with Gasteiger partial charge in [-0.05, 0) is 126 Å². The van der Waals surface area contributed by atoms with Crippen LogP contribution in [-0.2, 0) is 0 Å². The van der Waals surface area contributed by atoms with Crippen LogP contribution in [0.2, 0.25) is 0 Å². The van der Waals surface area contributed by atoms with E-state index in [9.17, 15) is 0 Å². The zero-order valence-electron chi connectivity index (χ0n) is 33.9. The molecule has 0 amide bonds. The molecule has 0 aliphatic carbocycles. The molecule has 0 saturated carbocycles. The number of rotatable bonds is 7. The van der Waals surface area contributed by atoms with Crippen molar-refractivity contribution in [2.75, 3.05) is 4.90 Å². The Hall–Kier alpha value is -8.20. The second kappa shape index (κ2) is 14.8. The third-order valence-corrected chi connectivity index (χ3v) is 12.5. The van der Waals surface area contributed by atoms with Gasteiger partial charge in [-0.3, -0.25) is 0 Å². The minimum absolute atomic E-state index is 0.887. The number of fused-ring (bicyclic) bond motifs is 6. The summed E-state index contributed by atoms with van der Waals surface area (Å²) in [5, 5.41) is 9.63. The molecule has 0 atom stereocenters. The van der Waals surface area contributed by atoms with Gasteiger partial charge in [-0.25, -0.2) is 0 Å². The average molecular weight is 790 g/mol. The lowest BCUT2D eigenvalue weighted by Crippen LogP contribution is -2.11. The van der Waals surface area contributed by atoms with Crippen molar-refractivity contribution in [3.63, 3.8) is 0 Å². The fourth-order valence-corrected chi connectivity index (χ4v) is 9.36. The zero-order valence-corrected chi connectivity index (χ0v) is 33.9. The molecule has 2 heteroatoms. The van der Waals surface area contributed by atoms with Crippen LogP contribution >= 0.6 is 0 Å². The van der Waals surface area contributed by atoms with Crippen molar-refractivity contribution in [2.45, 2.75) is 0 Å². The molecule has 0 aliphatic rings. The van der Waals surface area contributed by atoms with Gasteiger partial charge in [-0.2, -0.15) is 0 Å². The predicted octanol–water partition coefficient (Wildman–Crippen LogP) is 17.2. The zero-order chi connectivity index (χ0) is 41.0. The van der Waals surface area contributed by atoms with Crippen molar-refractivity contribution in [2.24, 2.45) is 0 Å². The fraction of sp³-hybridized carbons (Fsp3) is 0. The monoisotopic (exact) mass is 789 g/mol. The Labute approximate surface area is 360 Å². The molecule has 62 heavy (non-hydrogen) atoms. The first-order valence-corrected chi connectivity index (χ1v) is 21.2. The van der Waals surface area contributed by atoms with Crippen LogP contribution in [0.3, 0.4) is 0 Å². The molecule has 290 valence electrons. The Balaban J connectivity index is 0.957. The number of hydrogen-bond donors (Lipinski definition) is 0. The molecule has 1 aromatic heterocycles. The molecule has 0 N–H and O–H groups in total. The highest BCUT2D eigenvalue weighted by atomic mass is 16.3. The van der Waals surface area contributed by atoms with E-state index in [1.807, 2.05) is 0 Å². The maximum absolute atomic E-state index is 6.43. The van der Waals surface area contributed by atoms with Crippen molar-refractivity contribution in [1.29, 1.82) is 0 Å². The third-order valence-electron chi connectivity index (χ3n) is 12.5. The molecule has 1 heterocycles. The van der Waals surface area contributed by atoms with Gasteiger partial charge in [0.05, 0.1) is 5.69 Å². The Morgan fingerprint density at radius 2 is 0.694 bits per heavy atom. The highest BCUT2D eigenvalue weighted by molar-refractivity contribution is 6.11. The maximum atomic E-state index is 6.43. The summed E-state index contributed by atoms with van der Waals surface area (Å²) in [5.41, 5.74) is 14.5. The predicted molar refractivity (Wildman–Crippen MR) is 263 cm³/mol. The van der Waals surface area contributed by atoms with Gasteiger partial charge >= 0.3 is 0 Å². The van der Waals surface area contributed by atoms with Crippen LogP contribution in [0.4, 0.5) is 17.1 Å². The van der Waals surface area contributed by atoms with E-state index < -0.39 is 0 Å². The van der Waals surface area contributed by atoms with Gasteiger partial charge in [-0.1, -0.05) is 182 Å². The molecule has 0 radical (unpaired) electrons. The first-order chi connectivity index (χ1) is 30.7. The Bertz CT molecular complexity index is 3610. The summed E-state index contributed by atoms with van der Waals surface area (Å²) in [5.74, 6) is 0. The Morgan fingerprint density at radius 1 is 0.258 bits per heavy atom. The first kappa shape index (κ1) is 35.7. The second-order valence-electron chi connectivity index (χ2n) is 16.1. The number of furan rings is 1. The van der Waals surface area contributed by atoms with Crippen molar-refractivity contribution >= 4 is 71.3 Å². The van der Waals surface area contributed by atoms with E-state index >= 15 is 0 Å². The van der Waals surface area contributed by atoms with E-state index in [0.717, 1.165) is 50.1 Å². The van der Waals surface area contributed by atoms with Gasteiger partial charge in [0, 0.05) is 27.7 Å². The Morgan fingerprint density at radius 3 is 1.32 bits per heavy atom. The minimum atomic E-state index is 0.887. The van der Waals surface area contributed by atoms with Crippen LogP contribution in [0, 0.1) is 0 Å². The minimum Gasteiger partial charge on any atom is -0.456 e. The van der Waals surface area contributed by atoms with E-state index in [-0.39, 0.29) is 0 Å². The van der Waals surface area contributed by atoms with Gasteiger partial charge in [0.1, 0.15) is 11.2 Å². The fourth-order valence-electron chi connectivity index (χ4n) is 9.36. The van der Waals surface area contributed by atoms with Crippen molar-refractivity contribution in [3.05, 3.63) is 237 Å². The highest BCUT2D eigenvalue weighted by Gasteiger charge is 2.19. The number of para-hydroxylation sites is 1. The van der Waals surface area contributed by atoms with Crippen molar-refractivity contribution in [1.82, 2.24) is 0 Å². The van der Waals surface area contributed by atoms with E-state index in [1.165, 1.54) is 65.7 Å². The topological polar surface area (TPSA) is 16.4 Å². The number of hydrogen-bond acceptors (Lipinski definition) is 2. The Kier molecular flexibility index (Phi) is 8.53. The van der Waals surface area contributed by atoms with Crippen LogP contribution in [0.15, 0.2) is 241 Å². The lowest BCUT2D eigenvalue weighted by Gasteiger charge is -2.28. The third kappa shape index (κ3) is 6.20. The van der Waals surface area contributed by atoms with Gasteiger partial charge in [0.25, 0.3) is 0 Å². The SMILES string of the molecule is c1ccc(N(c2ccc(-c3ccc(-c4cccc5ccccc45)cc3)cc2)c2ccc(-c3cccc4ccccc34)cc2)c(-c2ccc3oc4cc5ccccc5cc4c3c2)c1. The van der Waals surface area contributed by atoms with Crippen molar-refractivity contribution < 1.29 is 4.42 Å². The quantitative estimate of drug-likeness (QED) is 0.160. The van der Waals surface area contributed by atoms with E-state index in [1.54, 1.807) is 0 Å². The molecule has 0 bridgehead atoms. The summed E-state index contributed by atoms with van der Waals surface area (Å²) in [6.07, 6.45) is 0. The molecule has 0 aliphatic heterocycles. The van der Waals surface area contributed by atoms with Gasteiger partial charge < -0.3 is 9.32 Å². The van der Waals surface area contributed by atoms with Crippen LogP contribution < -0.4 is 4.90 Å². The molecule has 0 unspecified atom stereocenters. The van der Waals surface area contributed by atoms with E-state index in [4.69, 9.17) is 4.42 Å². The molecule has 0 fully saturated rings. The van der Waals surface area contributed by atoms with Crippen LogP contribution in [-0.4, -0.2) is 0 Å². The van der Waals surface area contributed by atoms with E-state index in [2.05, 4.69) is 241 Å². The highest BCUT2D eigenvalue weighted by Crippen LogP contribution is 2.44. The average Bonchev–Trinajstić information content (AvgIpc) is 3.70. The molecule has 11 aromatic carbocycles. The lowest BCUT2D eigenvalue weighted by molar-refractivity contribution is 0.669. The first-order valence-electron chi connectivity index (χ1n) is 21.2. The summed E-state index contributed by atoms with van der Waals surface area (Å²) in [4.78, 5) is 2.39. The van der Waals surface area contributed by atoms with Gasteiger partial charge in [0.15, 0.2) is 0 Å². The summed E-state index contributed by atoms with van der Waals surface area (Å²) in [7, 11) is 0. The van der Waals surface area contributed by atoms with Gasteiger partial charge in [0.2, 0.25) is 0 Å². The summed E-state index contributed by atoms with van der Waals surface area (Å²) in [6.45, 7) is 0. The van der Waals surface area contributed by atoms with Gasteiger partial charge in [-0.15, -0.1) is 0 Å². The molecule has 0 spiro atoms. The van der Waals surface area contributed by atoms with Crippen molar-refractivity contribution in [3.8, 4) is 44.5 Å². The number of benzene rings is 11. The molecule has 12 aromatic rings. The van der Waals surface area contributed by atoms with Crippen LogP contribution in [0.5, 0.6) is 0 Å². The second-order valence-corrected chi connectivity index (χ2v) is 16.1. The summed E-state index contributed by atoms with van der Waals surface area (Å²) in [6, 6.07) is 85.5. The van der Waals surface area contributed by atoms with Crippen LogP contribution in [0.25, 0.3) is 98.8 Å². The molecule has 12 rings (SSSR count). The maximum Gasteiger partial charge on any atom is 0.136 e.